The van der Waals surface area contributed by atoms with E-state index in [-0.39, 0.29) is 5.25 Å². The van der Waals surface area contributed by atoms with Crippen molar-refractivity contribution in [1.82, 2.24) is 34.1 Å². The van der Waals surface area contributed by atoms with E-state index < -0.39 is 10.0 Å². The quantitative estimate of drug-likeness (QED) is 0.524. The number of hydrogen-bond donors (Lipinski definition) is 2. The van der Waals surface area contributed by atoms with E-state index in [9.17, 15) is 8.42 Å². The van der Waals surface area contributed by atoms with Gasteiger partial charge < -0.3 is 10.3 Å². The number of aryl methyl sites for hydroxylation is 1. The van der Waals surface area contributed by atoms with Gasteiger partial charge in [-0.2, -0.15) is 9.19 Å². The van der Waals surface area contributed by atoms with Gasteiger partial charge in [-0.15, -0.1) is 0 Å². The first kappa shape index (κ1) is 16.8. The highest BCUT2D eigenvalue weighted by Crippen LogP contribution is 2.30. The van der Waals surface area contributed by atoms with Crippen LogP contribution in [0, 0.1) is 6.92 Å². The molecule has 1 aliphatic carbocycles. The van der Waals surface area contributed by atoms with Gasteiger partial charge in [-0.25, -0.2) is 28.4 Å². The molecule has 142 valence electrons. The van der Waals surface area contributed by atoms with E-state index in [4.69, 9.17) is 0 Å². The third-order valence-corrected chi connectivity index (χ3v) is 6.46. The van der Waals surface area contributed by atoms with Gasteiger partial charge in [-0.1, -0.05) is 0 Å². The van der Waals surface area contributed by atoms with E-state index in [1.165, 1.54) is 12.4 Å². The molecule has 0 saturated heterocycles. The molecule has 0 aromatic carbocycles. The van der Waals surface area contributed by atoms with Crippen molar-refractivity contribution >= 4 is 32.7 Å². The van der Waals surface area contributed by atoms with Crippen molar-refractivity contribution in [2.24, 2.45) is 0 Å². The number of anilines is 2. The van der Waals surface area contributed by atoms with Crippen LogP contribution in [0.3, 0.4) is 0 Å². The number of hydrogen-bond acceptors (Lipinski definition) is 8. The topological polar surface area (TPSA) is 131 Å². The molecule has 0 atom stereocenters. The van der Waals surface area contributed by atoms with Gasteiger partial charge in [-0.05, 0) is 25.8 Å². The zero-order valence-electron chi connectivity index (χ0n) is 14.9. The number of imidazole rings is 1. The van der Waals surface area contributed by atoms with Gasteiger partial charge in [0.2, 0.25) is 0 Å². The average molecular weight is 396 g/mol. The van der Waals surface area contributed by atoms with Gasteiger partial charge in [0.25, 0.3) is 10.0 Å². The SMILES string of the molecule is Cc1nc2cnc(Nc3ccnc(-c4cnn(S(=O)(=O)C5CC5)c4)n3)cc2[nH]1. The Morgan fingerprint density at radius 2 is 2.04 bits per heavy atom. The Kier molecular flexibility index (Phi) is 3.66. The zero-order valence-corrected chi connectivity index (χ0v) is 15.7. The largest absolute Gasteiger partial charge is 0.342 e. The highest BCUT2D eigenvalue weighted by molar-refractivity contribution is 7.90. The monoisotopic (exact) mass is 396 g/mol. The van der Waals surface area contributed by atoms with Crippen molar-refractivity contribution in [1.29, 1.82) is 0 Å². The highest BCUT2D eigenvalue weighted by Gasteiger charge is 2.37. The minimum Gasteiger partial charge on any atom is -0.342 e. The lowest BCUT2D eigenvalue weighted by Crippen LogP contribution is -2.17. The molecule has 4 heterocycles. The lowest BCUT2D eigenvalue weighted by atomic mass is 10.3. The summed E-state index contributed by atoms with van der Waals surface area (Å²) in [5.74, 6) is 2.33. The first-order valence-corrected chi connectivity index (χ1v) is 10.2. The lowest BCUT2D eigenvalue weighted by molar-refractivity contribution is 0.578. The summed E-state index contributed by atoms with van der Waals surface area (Å²) in [4.78, 5) is 20.5. The Morgan fingerprint density at radius 3 is 2.86 bits per heavy atom. The third-order valence-electron chi connectivity index (χ3n) is 4.42. The zero-order chi connectivity index (χ0) is 19.3. The van der Waals surface area contributed by atoms with Crippen LogP contribution in [0.15, 0.2) is 36.9 Å². The molecule has 4 aromatic heterocycles. The maximum absolute atomic E-state index is 12.3. The summed E-state index contributed by atoms with van der Waals surface area (Å²) >= 11 is 0. The maximum Gasteiger partial charge on any atom is 0.256 e. The molecule has 2 N–H and O–H groups in total. The summed E-state index contributed by atoms with van der Waals surface area (Å²) in [5.41, 5.74) is 2.19. The van der Waals surface area contributed by atoms with Crippen molar-refractivity contribution in [3.8, 4) is 11.4 Å². The molecule has 10 nitrogen and oxygen atoms in total. The fourth-order valence-electron chi connectivity index (χ4n) is 2.89. The van der Waals surface area contributed by atoms with Crippen LogP contribution in [0.25, 0.3) is 22.4 Å². The number of pyridine rings is 1. The molecule has 0 unspecified atom stereocenters. The number of rotatable bonds is 5. The van der Waals surface area contributed by atoms with Gasteiger partial charge in [0.05, 0.1) is 34.9 Å². The number of H-pyrrole nitrogens is 1. The minimum absolute atomic E-state index is 0.332. The van der Waals surface area contributed by atoms with E-state index in [0.29, 0.717) is 35.9 Å². The maximum atomic E-state index is 12.3. The number of nitrogens with one attached hydrogen (secondary N) is 2. The van der Waals surface area contributed by atoms with E-state index in [2.05, 4.69) is 35.3 Å². The molecule has 0 amide bonds. The second-order valence-electron chi connectivity index (χ2n) is 6.65. The van der Waals surface area contributed by atoms with Crippen molar-refractivity contribution in [3.05, 3.63) is 42.7 Å². The van der Waals surface area contributed by atoms with Crippen LogP contribution in [-0.4, -0.2) is 47.8 Å². The molecule has 1 saturated carbocycles. The second-order valence-corrected chi connectivity index (χ2v) is 8.72. The number of aromatic amines is 1. The van der Waals surface area contributed by atoms with Crippen molar-refractivity contribution in [2.75, 3.05) is 5.32 Å². The molecule has 11 heteroatoms. The molecule has 0 spiro atoms. The predicted molar refractivity (Wildman–Crippen MR) is 103 cm³/mol. The Hall–Kier alpha value is -3.34. The van der Waals surface area contributed by atoms with Crippen LogP contribution in [0.2, 0.25) is 0 Å². The van der Waals surface area contributed by atoms with Gasteiger partial charge in [0, 0.05) is 12.3 Å². The van der Waals surface area contributed by atoms with Gasteiger partial charge in [-0.3, -0.25) is 0 Å². The summed E-state index contributed by atoms with van der Waals surface area (Å²) < 4.78 is 25.6. The Bertz CT molecular complexity index is 1290. The first-order valence-electron chi connectivity index (χ1n) is 8.71. The standard InChI is InChI=1S/C17H16N8O2S/c1-10-21-13-6-16(19-8-14(13)22-10)23-15-4-5-18-17(24-15)11-7-20-25(9-11)28(26,27)12-2-3-12/h4-9,12H,2-3H2,1H3,(H,21,22)(H,18,19,23,24). The van der Waals surface area contributed by atoms with Gasteiger partial charge in [0.1, 0.15) is 23.0 Å². The van der Waals surface area contributed by atoms with E-state index in [1.54, 1.807) is 18.5 Å². The van der Waals surface area contributed by atoms with Crippen LogP contribution >= 0.6 is 0 Å². The Balaban J connectivity index is 1.42. The van der Waals surface area contributed by atoms with Crippen molar-refractivity contribution < 1.29 is 8.42 Å². The number of aromatic nitrogens is 7. The van der Waals surface area contributed by atoms with Crippen LogP contribution in [0.5, 0.6) is 0 Å². The van der Waals surface area contributed by atoms with Crippen LogP contribution in [-0.2, 0) is 10.0 Å². The van der Waals surface area contributed by atoms with Gasteiger partial charge >= 0.3 is 0 Å². The number of fused-ring (bicyclic) bond motifs is 1. The van der Waals surface area contributed by atoms with Crippen molar-refractivity contribution in [3.63, 3.8) is 0 Å². The molecule has 28 heavy (non-hydrogen) atoms. The molecule has 1 aliphatic rings. The predicted octanol–water partition coefficient (Wildman–Crippen LogP) is 2.00. The Morgan fingerprint density at radius 1 is 1.18 bits per heavy atom. The number of nitrogens with zero attached hydrogens (tertiary/aromatic N) is 6. The fourth-order valence-corrected chi connectivity index (χ4v) is 4.36. The smallest absolute Gasteiger partial charge is 0.256 e. The van der Waals surface area contributed by atoms with Crippen LogP contribution in [0.4, 0.5) is 11.6 Å². The molecular formula is C17H16N8O2S. The molecule has 0 bridgehead atoms. The normalized spacial score (nSPS) is 14.5. The summed E-state index contributed by atoms with van der Waals surface area (Å²) in [6, 6.07) is 3.55. The molecule has 1 fully saturated rings. The summed E-state index contributed by atoms with van der Waals surface area (Å²) in [7, 11) is -3.42. The molecular weight excluding hydrogens is 380 g/mol. The summed E-state index contributed by atoms with van der Waals surface area (Å²) in [6.07, 6.45) is 7.54. The highest BCUT2D eigenvalue weighted by atomic mass is 32.2. The third kappa shape index (κ3) is 2.99. The van der Waals surface area contributed by atoms with E-state index >= 15 is 0 Å². The van der Waals surface area contributed by atoms with E-state index in [0.717, 1.165) is 20.9 Å². The van der Waals surface area contributed by atoms with E-state index in [1.807, 2.05) is 13.0 Å². The van der Waals surface area contributed by atoms with Gasteiger partial charge in [0.15, 0.2) is 5.82 Å². The minimum atomic E-state index is -3.42. The van der Waals surface area contributed by atoms with Crippen molar-refractivity contribution in [2.45, 2.75) is 25.0 Å². The average Bonchev–Trinajstić information content (AvgIpc) is 3.30. The van der Waals surface area contributed by atoms with Crippen LogP contribution in [0.1, 0.15) is 18.7 Å². The molecule has 4 aromatic rings. The molecule has 0 aliphatic heterocycles. The lowest BCUT2D eigenvalue weighted by Gasteiger charge is -2.05. The summed E-state index contributed by atoms with van der Waals surface area (Å²) in [6.45, 7) is 1.88. The second kappa shape index (κ2) is 6.09. The summed E-state index contributed by atoms with van der Waals surface area (Å²) in [5, 5.41) is 6.77. The Labute approximate surface area is 160 Å². The van der Waals surface area contributed by atoms with Crippen LogP contribution < -0.4 is 5.32 Å². The molecule has 0 radical (unpaired) electrons. The first-order chi connectivity index (χ1) is 13.5. The fraction of sp³-hybridized carbons (Fsp3) is 0.235. The molecule has 5 rings (SSSR count).